The van der Waals surface area contributed by atoms with E-state index in [0.29, 0.717) is 17.7 Å². The Bertz CT molecular complexity index is 996. The summed E-state index contributed by atoms with van der Waals surface area (Å²) in [6, 6.07) is 10.4. The third kappa shape index (κ3) is 4.51. The van der Waals surface area contributed by atoms with Crippen LogP contribution in [0.25, 0.3) is 11.1 Å². The van der Waals surface area contributed by atoms with Crippen LogP contribution in [0.4, 0.5) is 4.39 Å². The molecule has 0 fully saturated rings. The van der Waals surface area contributed by atoms with Gasteiger partial charge in [-0.25, -0.2) is 12.8 Å². The first-order valence-corrected chi connectivity index (χ1v) is 11.4. The molecule has 30 heavy (non-hydrogen) atoms. The molecule has 3 atom stereocenters. The van der Waals surface area contributed by atoms with Gasteiger partial charge in [-0.05, 0) is 44.8 Å². The zero-order valence-corrected chi connectivity index (χ0v) is 18.6. The topological polar surface area (TPSA) is 70.1 Å². The molecule has 1 aliphatic rings. The molecule has 0 saturated carbocycles. The second kappa shape index (κ2) is 9.01. The molecule has 1 heterocycles. The minimum atomic E-state index is -3.91. The van der Waals surface area contributed by atoms with E-state index in [1.807, 2.05) is 25.9 Å². The number of halogens is 1. The summed E-state index contributed by atoms with van der Waals surface area (Å²) < 4.78 is 48.7. The van der Waals surface area contributed by atoms with E-state index in [4.69, 9.17) is 4.74 Å². The van der Waals surface area contributed by atoms with Crippen molar-refractivity contribution in [2.75, 3.05) is 33.8 Å². The molecule has 2 aromatic carbocycles. The van der Waals surface area contributed by atoms with Gasteiger partial charge in [-0.1, -0.05) is 31.2 Å². The minimum absolute atomic E-state index is 0.0264. The Morgan fingerprint density at radius 3 is 2.60 bits per heavy atom. The molecule has 0 bridgehead atoms. The molecule has 8 heteroatoms. The summed E-state index contributed by atoms with van der Waals surface area (Å²) in [5.74, 6) is -0.314. The van der Waals surface area contributed by atoms with E-state index < -0.39 is 16.1 Å². The summed E-state index contributed by atoms with van der Waals surface area (Å²) >= 11 is 0. The molecular formula is C22H29FN2O4S. The fraction of sp³-hybridized carbons (Fsp3) is 0.455. The molecule has 0 spiro atoms. The quantitative estimate of drug-likeness (QED) is 0.781. The van der Waals surface area contributed by atoms with Crippen molar-refractivity contribution < 1.29 is 22.7 Å². The van der Waals surface area contributed by atoms with Crippen molar-refractivity contribution in [3.05, 3.63) is 48.3 Å². The number of sulfonamides is 1. The van der Waals surface area contributed by atoms with E-state index in [9.17, 15) is 17.9 Å². The molecule has 1 N–H and O–H groups in total. The Morgan fingerprint density at radius 1 is 1.27 bits per heavy atom. The third-order valence-electron chi connectivity index (χ3n) is 5.40. The Kier molecular flexibility index (Phi) is 6.81. The molecule has 0 unspecified atom stereocenters. The van der Waals surface area contributed by atoms with E-state index in [0.717, 1.165) is 0 Å². The van der Waals surface area contributed by atoms with Crippen LogP contribution in [-0.4, -0.2) is 68.7 Å². The highest BCUT2D eigenvalue weighted by atomic mass is 32.2. The second-order valence-electron chi connectivity index (χ2n) is 8.14. The zero-order chi connectivity index (χ0) is 22.1. The first-order valence-electron chi connectivity index (χ1n) is 9.98. The maximum absolute atomic E-state index is 14.3. The third-order valence-corrected chi connectivity index (χ3v) is 7.42. The Labute approximate surface area is 177 Å². The van der Waals surface area contributed by atoms with Gasteiger partial charge in [0.05, 0.1) is 6.61 Å². The van der Waals surface area contributed by atoms with Gasteiger partial charge in [-0.15, -0.1) is 0 Å². The predicted molar refractivity (Wildman–Crippen MR) is 114 cm³/mol. The van der Waals surface area contributed by atoms with Crippen LogP contribution in [0.3, 0.4) is 0 Å². The summed E-state index contributed by atoms with van der Waals surface area (Å²) in [7, 11) is -0.0529. The van der Waals surface area contributed by atoms with E-state index in [1.165, 1.54) is 16.4 Å². The summed E-state index contributed by atoms with van der Waals surface area (Å²) in [4.78, 5) is 2.01. The lowest BCUT2D eigenvalue weighted by atomic mass is 10.0. The lowest BCUT2D eigenvalue weighted by molar-refractivity contribution is 0.0813. The SMILES string of the molecule is C[C@@H]1CN([C@@H](C)CO)S(=O)(=O)c2ccc(-c3ccccc3F)cc2O[C@H]1CN(C)C. The number of nitrogens with zero attached hydrogens (tertiary/aromatic N) is 2. The number of hydrogen-bond donors (Lipinski definition) is 1. The van der Waals surface area contributed by atoms with E-state index in [2.05, 4.69) is 0 Å². The maximum atomic E-state index is 14.3. The van der Waals surface area contributed by atoms with Crippen molar-refractivity contribution in [2.24, 2.45) is 5.92 Å². The Balaban J connectivity index is 2.17. The highest BCUT2D eigenvalue weighted by Crippen LogP contribution is 2.37. The maximum Gasteiger partial charge on any atom is 0.247 e. The van der Waals surface area contributed by atoms with Crippen molar-refractivity contribution in [3.63, 3.8) is 0 Å². The molecule has 0 aliphatic carbocycles. The number of fused-ring (bicyclic) bond motifs is 1. The van der Waals surface area contributed by atoms with Gasteiger partial charge in [-0.2, -0.15) is 4.31 Å². The number of hydrogen-bond acceptors (Lipinski definition) is 5. The zero-order valence-electron chi connectivity index (χ0n) is 17.7. The molecule has 2 aromatic rings. The van der Waals surface area contributed by atoms with Gasteiger partial charge in [0.25, 0.3) is 0 Å². The fourth-order valence-corrected chi connectivity index (χ4v) is 5.49. The average molecular weight is 437 g/mol. The molecule has 164 valence electrons. The van der Waals surface area contributed by atoms with Crippen LogP contribution in [0.5, 0.6) is 5.75 Å². The molecule has 3 rings (SSSR count). The van der Waals surface area contributed by atoms with Crippen molar-refractivity contribution in [1.82, 2.24) is 9.21 Å². The first kappa shape index (κ1) is 22.7. The number of likely N-dealkylation sites (N-methyl/N-ethyl adjacent to an activating group) is 1. The predicted octanol–water partition coefficient (Wildman–Crippen LogP) is 2.82. The number of aliphatic hydroxyl groups excluding tert-OH is 1. The van der Waals surface area contributed by atoms with Gasteiger partial charge in [0.2, 0.25) is 10.0 Å². The van der Waals surface area contributed by atoms with Crippen LogP contribution in [0.1, 0.15) is 13.8 Å². The molecule has 0 amide bonds. The van der Waals surface area contributed by atoms with Gasteiger partial charge in [0, 0.05) is 30.6 Å². The molecule has 0 saturated heterocycles. The molecule has 1 aliphatic heterocycles. The number of ether oxygens (including phenoxy) is 1. The number of aliphatic hydroxyl groups is 1. The van der Waals surface area contributed by atoms with Crippen LogP contribution in [0, 0.1) is 11.7 Å². The lowest BCUT2D eigenvalue weighted by Gasteiger charge is -2.37. The van der Waals surface area contributed by atoms with Crippen molar-refractivity contribution >= 4 is 10.0 Å². The summed E-state index contributed by atoms with van der Waals surface area (Å²) in [6.45, 7) is 4.16. The van der Waals surface area contributed by atoms with Gasteiger partial charge < -0.3 is 14.7 Å². The van der Waals surface area contributed by atoms with Gasteiger partial charge in [0.1, 0.15) is 22.6 Å². The summed E-state index contributed by atoms with van der Waals surface area (Å²) in [5.41, 5.74) is 0.918. The minimum Gasteiger partial charge on any atom is -0.487 e. The Morgan fingerprint density at radius 2 is 1.97 bits per heavy atom. The van der Waals surface area contributed by atoms with E-state index in [-0.39, 0.29) is 41.6 Å². The number of rotatable bonds is 5. The van der Waals surface area contributed by atoms with Crippen LogP contribution < -0.4 is 4.74 Å². The van der Waals surface area contributed by atoms with Crippen molar-refractivity contribution in [1.29, 1.82) is 0 Å². The second-order valence-corrected chi connectivity index (χ2v) is 10.0. The summed E-state index contributed by atoms with van der Waals surface area (Å²) in [6.07, 6.45) is -0.279. The first-order chi connectivity index (χ1) is 14.1. The Hall–Kier alpha value is -2.00. The van der Waals surface area contributed by atoms with Crippen LogP contribution in [0.2, 0.25) is 0 Å². The van der Waals surface area contributed by atoms with E-state index in [1.54, 1.807) is 37.3 Å². The number of benzene rings is 2. The lowest BCUT2D eigenvalue weighted by Crippen LogP contribution is -2.49. The molecule has 0 aromatic heterocycles. The smallest absolute Gasteiger partial charge is 0.247 e. The standard InChI is InChI=1S/C22H29FN2O4S/c1-15-12-25(16(2)14-26)30(27,28)22-10-9-17(18-7-5-6-8-19(18)23)11-20(22)29-21(15)13-24(3)4/h5-11,15-16,21,26H,12-14H2,1-4H3/t15-,16+,21+/m1/s1. The van der Waals surface area contributed by atoms with Crippen LogP contribution in [-0.2, 0) is 10.0 Å². The normalized spacial score (nSPS) is 22.6. The van der Waals surface area contributed by atoms with Crippen molar-refractivity contribution in [3.8, 4) is 16.9 Å². The monoisotopic (exact) mass is 436 g/mol. The summed E-state index contributed by atoms with van der Waals surface area (Å²) in [5, 5.41) is 9.66. The fourth-order valence-electron chi connectivity index (χ4n) is 3.67. The highest BCUT2D eigenvalue weighted by Gasteiger charge is 2.38. The van der Waals surface area contributed by atoms with Gasteiger partial charge in [-0.3, -0.25) is 0 Å². The average Bonchev–Trinajstić information content (AvgIpc) is 2.69. The van der Waals surface area contributed by atoms with Gasteiger partial charge >= 0.3 is 0 Å². The largest absolute Gasteiger partial charge is 0.487 e. The molecule has 6 nitrogen and oxygen atoms in total. The van der Waals surface area contributed by atoms with Crippen LogP contribution >= 0.6 is 0 Å². The highest BCUT2D eigenvalue weighted by molar-refractivity contribution is 7.89. The molecule has 0 radical (unpaired) electrons. The van der Waals surface area contributed by atoms with Crippen LogP contribution in [0.15, 0.2) is 47.4 Å². The van der Waals surface area contributed by atoms with Gasteiger partial charge in [0.15, 0.2) is 0 Å². The van der Waals surface area contributed by atoms with E-state index >= 15 is 0 Å². The molecular weight excluding hydrogens is 407 g/mol. The van der Waals surface area contributed by atoms with Crippen molar-refractivity contribution in [2.45, 2.75) is 30.9 Å².